The fourth-order valence-corrected chi connectivity index (χ4v) is 4.01. The van der Waals surface area contributed by atoms with Gasteiger partial charge in [0.15, 0.2) is 0 Å². The van der Waals surface area contributed by atoms with Gasteiger partial charge < -0.3 is 5.73 Å². The van der Waals surface area contributed by atoms with Gasteiger partial charge in [-0.05, 0) is 54.1 Å². The molecule has 0 saturated heterocycles. The van der Waals surface area contributed by atoms with Crippen molar-refractivity contribution in [2.75, 3.05) is 10.5 Å². The predicted octanol–water partition coefficient (Wildman–Crippen LogP) is 4.81. The van der Waals surface area contributed by atoms with Crippen molar-refractivity contribution in [3.63, 3.8) is 0 Å². The minimum Gasteiger partial charge on any atom is -0.399 e. The smallest absolute Gasteiger partial charge is 0.235 e. The number of hydrogen-bond acceptors (Lipinski definition) is 4. The molecule has 4 nitrogen and oxygen atoms in total. The van der Waals surface area contributed by atoms with E-state index in [1.165, 1.54) is 11.3 Å². The molecule has 0 amide bonds. The van der Waals surface area contributed by atoms with Crippen LogP contribution in [0.4, 0.5) is 11.4 Å². The lowest BCUT2D eigenvalue weighted by atomic mass is 10.0. The van der Waals surface area contributed by atoms with E-state index in [1.807, 2.05) is 53.9 Å². The summed E-state index contributed by atoms with van der Waals surface area (Å²) in [6.07, 6.45) is 0. The molecule has 0 fully saturated rings. The highest BCUT2D eigenvalue weighted by atomic mass is 32.2. The molecule has 3 N–H and O–H groups in total. The summed E-state index contributed by atoms with van der Waals surface area (Å²) in [6, 6.07) is 17.6. The van der Waals surface area contributed by atoms with Crippen LogP contribution in [-0.2, 0) is 10.0 Å². The molecule has 6 heteroatoms. The van der Waals surface area contributed by atoms with E-state index in [0.717, 1.165) is 27.3 Å². The summed E-state index contributed by atoms with van der Waals surface area (Å²) in [5, 5.41) is 1.41. The first-order valence-electron chi connectivity index (χ1n) is 7.92. The summed E-state index contributed by atoms with van der Waals surface area (Å²) in [7, 11) is -3.36. The van der Waals surface area contributed by atoms with Gasteiger partial charge in [-0.3, -0.25) is 4.72 Å². The molecule has 0 aliphatic heterocycles. The van der Waals surface area contributed by atoms with E-state index in [1.54, 1.807) is 19.9 Å². The summed E-state index contributed by atoms with van der Waals surface area (Å²) in [5.74, 6) is 0. The van der Waals surface area contributed by atoms with E-state index in [-0.39, 0.29) is 0 Å². The second-order valence-corrected chi connectivity index (χ2v) is 9.21. The third-order valence-corrected chi connectivity index (χ3v) is 6.64. The molecule has 1 aromatic heterocycles. The fraction of sp³-hybridized carbons (Fsp3) is 0.158. The molecule has 130 valence electrons. The van der Waals surface area contributed by atoms with Crippen LogP contribution in [0.5, 0.6) is 0 Å². The van der Waals surface area contributed by atoms with Crippen molar-refractivity contribution in [1.29, 1.82) is 0 Å². The van der Waals surface area contributed by atoms with Crippen molar-refractivity contribution >= 4 is 32.7 Å². The van der Waals surface area contributed by atoms with E-state index in [4.69, 9.17) is 5.73 Å². The molecule has 0 atom stereocenters. The number of hydrogen-bond donors (Lipinski definition) is 2. The molecule has 25 heavy (non-hydrogen) atoms. The van der Waals surface area contributed by atoms with Gasteiger partial charge >= 0.3 is 0 Å². The summed E-state index contributed by atoms with van der Waals surface area (Å²) >= 11 is 1.52. The molecule has 1 heterocycles. The predicted molar refractivity (Wildman–Crippen MR) is 107 cm³/mol. The van der Waals surface area contributed by atoms with Crippen LogP contribution in [0.3, 0.4) is 0 Å². The third kappa shape index (κ3) is 3.86. The maximum atomic E-state index is 12.1. The topological polar surface area (TPSA) is 72.2 Å². The van der Waals surface area contributed by atoms with Gasteiger partial charge in [-0.1, -0.05) is 36.4 Å². The lowest BCUT2D eigenvalue weighted by molar-refractivity contribution is 0.593. The van der Waals surface area contributed by atoms with Crippen LogP contribution in [-0.4, -0.2) is 13.7 Å². The quantitative estimate of drug-likeness (QED) is 0.631. The Labute approximate surface area is 152 Å². The van der Waals surface area contributed by atoms with Crippen molar-refractivity contribution < 1.29 is 8.42 Å². The summed E-state index contributed by atoms with van der Waals surface area (Å²) in [6.45, 7) is 3.32. The molecule has 0 bridgehead atoms. The number of benzene rings is 2. The summed E-state index contributed by atoms with van der Waals surface area (Å²) in [5.41, 5.74) is 10.2. The van der Waals surface area contributed by atoms with Crippen molar-refractivity contribution in [1.82, 2.24) is 0 Å². The highest BCUT2D eigenvalue weighted by molar-refractivity contribution is 7.93. The number of rotatable bonds is 5. The van der Waals surface area contributed by atoms with Gasteiger partial charge in [-0.2, -0.15) is 0 Å². The number of nitrogen functional groups attached to an aromatic ring is 1. The Kier molecular flexibility index (Phi) is 4.83. The highest BCUT2D eigenvalue weighted by Gasteiger charge is 2.18. The Hall–Kier alpha value is -2.31. The summed E-state index contributed by atoms with van der Waals surface area (Å²) < 4.78 is 26.9. The van der Waals surface area contributed by atoms with Crippen molar-refractivity contribution in [3.8, 4) is 21.6 Å². The average Bonchev–Trinajstić information content (AvgIpc) is 3.03. The van der Waals surface area contributed by atoms with E-state index in [9.17, 15) is 8.42 Å². The van der Waals surface area contributed by atoms with E-state index in [2.05, 4.69) is 4.72 Å². The van der Waals surface area contributed by atoms with Crippen LogP contribution in [0.25, 0.3) is 21.6 Å². The van der Waals surface area contributed by atoms with Crippen LogP contribution in [0, 0.1) is 0 Å². The molecule has 0 saturated carbocycles. The SMILES string of the molecule is CC(C)S(=O)(=O)Nc1ccsc1-c1ccc(-c2ccc(N)cc2)cc1. The Morgan fingerprint density at radius 1 is 0.880 bits per heavy atom. The first-order valence-corrected chi connectivity index (χ1v) is 10.3. The normalized spacial score (nSPS) is 11.6. The average molecular weight is 373 g/mol. The van der Waals surface area contributed by atoms with Gasteiger partial charge in [0.05, 0.1) is 15.8 Å². The molecule has 0 aliphatic carbocycles. The Balaban J connectivity index is 1.89. The first kappa shape index (κ1) is 17.5. The monoisotopic (exact) mass is 372 g/mol. The molecular weight excluding hydrogens is 352 g/mol. The molecule has 2 aromatic carbocycles. The number of nitrogens with one attached hydrogen (secondary N) is 1. The Bertz CT molecular complexity index is 957. The van der Waals surface area contributed by atoms with Crippen molar-refractivity contribution in [2.45, 2.75) is 19.1 Å². The second-order valence-electron chi connectivity index (χ2n) is 6.06. The van der Waals surface area contributed by atoms with Crippen LogP contribution < -0.4 is 10.5 Å². The fourth-order valence-electron chi connectivity index (χ4n) is 2.37. The molecule has 0 spiro atoms. The maximum Gasteiger partial charge on any atom is 0.235 e. The zero-order chi connectivity index (χ0) is 18.0. The van der Waals surface area contributed by atoms with E-state index < -0.39 is 15.3 Å². The lowest BCUT2D eigenvalue weighted by Gasteiger charge is -2.12. The number of thiophene rings is 1. The molecule has 0 aliphatic rings. The highest BCUT2D eigenvalue weighted by Crippen LogP contribution is 2.35. The molecule has 3 aromatic rings. The standard InChI is InChI=1S/C19H20N2O2S2/c1-13(2)25(22,23)21-18-11-12-24-19(18)16-5-3-14(4-6-16)15-7-9-17(20)10-8-15/h3-13,21H,20H2,1-2H3. The number of nitrogens with two attached hydrogens (primary N) is 1. The zero-order valence-corrected chi connectivity index (χ0v) is 15.7. The van der Waals surface area contributed by atoms with Gasteiger partial charge in [0.2, 0.25) is 10.0 Å². The third-order valence-electron chi connectivity index (χ3n) is 3.93. The molecule has 0 unspecified atom stereocenters. The van der Waals surface area contributed by atoms with E-state index in [0.29, 0.717) is 5.69 Å². The second kappa shape index (κ2) is 6.90. The minimum atomic E-state index is -3.36. The van der Waals surface area contributed by atoms with Crippen LogP contribution in [0.1, 0.15) is 13.8 Å². The van der Waals surface area contributed by atoms with E-state index >= 15 is 0 Å². The minimum absolute atomic E-state index is 0.479. The number of anilines is 2. The van der Waals surface area contributed by atoms with Crippen LogP contribution >= 0.6 is 11.3 Å². The van der Waals surface area contributed by atoms with Crippen LogP contribution in [0.2, 0.25) is 0 Å². The summed E-state index contributed by atoms with van der Waals surface area (Å²) in [4.78, 5) is 0.910. The van der Waals surface area contributed by atoms with Crippen LogP contribution in [0.15, 0.2) is 60.0 Å². The molecule has 3 rings (SSSR count). The Morgan fingerprint density at radius 2 is 1.40 bits per heavy atom. The molecule has 0 radical (unpaired) electrons. The lowest BCUT2D eigenvalue weighted by Crippen LogP contribution is -2.22. The molecular formula is C19H20N2O2S2. The van der Waals surface area contributed by atoms with Gasteiger partial charge in [-0.25, -0.2) is 8.42 Å². The van der Waals surface area contributed by atoms with Crippen molar-refractivity contribution in [2.24, 2.45) is 0 Å². The Morgan fingerprint density at radius 3 is 1.96 bits per heavy atom. The first-order chi connectivity index (χ1) is 11.9. The largest absolute Gasteiger partial charge is 0.399 e. The maximum absolute atomic E-state index is 12.1. The van der Waals surface area contributed by atoms with Gasteiger partial charge in [0.1, 0.15) is 0 Å². The van der Waals surface area contributed by atoms with Gasteiger partial charge in [-0.15, -0.1) is 11.3 Å². The zero-order valence-electron chi connectivity index (χ0n) is 14.1. The van der Waals surface area contributed by atoms with Gasteiger partial charge in [0, 0.05) is 5.69 Å². The number of sulfonamides is 1. The van der Waals surface area contributed by atoms with Crippen molar-refractivity contribution in [3.05, 3.63) is 60.0 Å². The van der Waals surface area contributed by atoms with Gasteiger partial charge in [0.25, 0.3) is 0 Å².